The largest absolute Gasteiger partial charge is 0.397 e. The summed E-state index contributed by atoms with van der Waals surface area (Å²) in [6, 6.07) is 1.96. The van der Waals surface area contributed by atoms with Gasteiger partial charge in [-0.3, -0.25) is 14.6 Å². The summed E-state index contributed by atoms with van der Waals surface area (Å²) >= 11 is 1.29. The van der Waals surface area contributed by atoms with Crippen LogP contribution in [0.15, 0.2) is 16.8 Å². The predicted octanol–water partition coefficient (Wildman–Crippen LogP) is 2.15. The number of nitrogens with two attached hydrogens (primary N) is 1. The third-order valence-corrected chi connectivity index (χ3v) is 5.64. The van der Waals surface area contributed by atoms with E-state index in [0.717, 1.165) is 47.4 Å². The number of hydrogen-bond acceptors (Lipinski definition) is 7. The van der Waals surface area contributed by atoms with Crippen molar-refractivity contribution in [2.75, 3.05) is 29.1 Å². The number of nitrogen functional groups attached to an aromatic ring is 1. The van der Waals surface area contributed by atoms with Crippen LogP contribution in [0, 0.1) is 13.8 Å². The first-order valence-electron chi connectivity index (χ1n) is 8.64. The third kappa shape index (κ3) is 2.98. The minimum Gasteiger partial charge on any atom is -0.397 e. The summed E-state index contributed by atoms with van der Waals surface area (Å²) < 4.78 is 5.25. The maximum atomic E-state index is 12.7. The smallest absolute Gasteiger partial charge is 0.306 e. The Labute approximate surface area is 154 Å². The lowest BCUT2D eigenvalue weighted by Gasteiger charge is -2.17. The van der Waals surface area contributed by atoms with Crippen molar-refractivity contribution in [3.05, 3.63) is 28.4 Å². The van der Waals surface area contributed by atoms with Crippen molar-refractivity contribution in [1.29, 1.82) is 0 Å². The van der Waals surface area contributed by atoms with Crippen LogP contribution in [-0.4, -0.2) is 29.3 Å². The number of nitrogens with zero attached hydrogens (tertiary/aromatic N) is 4. The highest BCUT2D eigenvalue weighted by Gasteiger charge is 2.25. The van der Waals surface area contributed by atoms with E-state index in [-0.39, 0.29) is 5.91 Å². The van der Waals surface area contributed by atoms with Gasteiger partial charge in [0, 0.05) is 11.1 Å². The summed E-state index contributed by atoms with van der Waals surface area (Å²) in [5.41, 5.74) is 8.59. The van der Waals surface area contributed by atoms with Crippen molar-refractivity contribution < 1.29 is 14.1 Å². The van der Waals surface area contributed by atoms with Gasteiger partial charge in [0.15, 0.2) is 0 Å². The summed E-state index contributed by atoms with van der Waals surface area (Å²) in [6.45, 7) is 5.76. The van der Waals surface area contributed by atoms with E-state index < -0.39 is 0 Å². The van der Waals surface area contributed by atoms with Crippen LogP contribution in [-0.2, 0) is 0 Å². The number of aryl methyl sites for hydroxylation is 2. The molecule has 3 aromatic heterocycles. The number of piperidine rings is 1. The Balaban J connectivity index is 1.57. The van der Waals surface area contributed by atoms with Gasteiger partial charge in [0.05, 0.1) is 23.6 Å². The Morgan fingerprint density at radius 1 is 1.35 bits per heavy atom. The monoisotopic (exact) mass is 373 g/mol. The molecular weight excluding hydrogens is 352 g/mol. The van der Waals surface area contributed by atoms with E-state index in [0.29, 0.717) is 16.4 Å². The molecular formula is C17H21N6O2S+. The number of aromatic nitrogens is 3. The van der Waals surface area contributed by atoms with Crippen LogP contribution >= 0.6 is 11.3 Å². The van der Waals surface area contributed by atoms with Crippen LogP contribution in [0.1, 0.15) is 40.2 Å². The fourth-order valence-corrected chi connectivity index (χ4v) is 4.43. The molecule has 1 fully saturated rings. The molecule has 0 unspecified atom stereocenters. The van der Waals surface area contributed by atoms with Crippen LogP contribution < -0.4 is 20.9 Å². The SMILES string of the molecule is Cc1cc(C)c2c(N)c(C(=O)Nc3c[n+](N4CCCCC4)no3)sc2n1. The van der Waals surface area contributed by atoms with Crippen LogP contribution in [0.3, 0.4) is 0 Å². The number of pyridine rings is 1. The lowest BCUT2D eigenvalue weighted by Crippen LogP contribution is -2.60. The molecule has 0 saturated carbocycles. The molecule has 0 bridgehead atoms. The number of anilines is 2. The van der Waals surface area contributed by atoms with Gasteiger partial charge in [-0.05, 0) is 44.7 Å². The predicted molar refractivity (Wildman–Crippen MR) is 100.0 cm³/mol. The second-order valence-corrected chi connectivity index (χ2v) is 7.56. The summed E-state index contributed by atoms with van der Waals surface area (Å²) in [5.74, 6) is -0.0252. The van der Waals surface area contributed by atoms with Gasteiger partial charge in [0.25, 0.3) is 12.1 Å². The molecule has 0 spiro atoms. The number of carbonyl (C=O) groups is 1. The quantitative estimate of drug-likeness (QED) is 0.682. The maximum absolute atomic E-state index is 12.7. The summed E-state index contributed by atoms with van der Waals surface area (Å²) in [4.78, 5) is 20.0. The summed E-state index contributed by atoms with van der Waals surface area (Å²) in [5, 5.41) is 9.66. The van der Waals surface area contributed by atoms with Gasteiger partial charge in [0.2, 0.25) is 5.27 Å². The molecule has 0 radical (unpaired) electrons. The van der Waals surface area contributed by atoms with E-state index >= 15 is 0 Å². The van der Waals surface area contributed by atoms with E-state index in [1.165, 1.54) is 17.8 Å². The molecule has 1 aliphatic heterocycles. The Bertz CT molecular complexity index is 973. The number of rotatable bonds is 3. The average molecular weight is 373 g/mol. The topological polar surface area (TPSA) is 101 Å². The Kier molecular flexibility index (Phi) is 4.23. The molecule has 0 atom stereocenters. The van der Waals surface area contributed by atoms with Gasteiger partial charge in [0.1, 0.15) is 9.71 Å². The van der Waals surface area contributed by atoms with Crippen molar-refractivity contribution in [3.63, 3.8) is 0 Å². The van der Waals surface area contributed by atoms with Crippen LogP contribution in [0.5, 0.6) is 0 Å². The van der Waals surface area contributed by atoms with Crippen molar-refractivity contribution >= 4 is 39.0 Å². The highest BCUT2D eigenvalue weighted by Crippen LogP contribution is 2.35. The molecule has 0 aromatic carbocycles. The molecule has 4 rings (SSSR count). The van der Waals surface area contributed by atoms with Crippen LogP contribution in [0.4, 0.5) is 11.6 Å². The van der Waals surface area contributed by atoms with Gasteiger partial charge in [-0.15, -0.1) is 11.3 Å². The zero-order valence-electron chi connectivity index (χ0n) is 14.8. The minimum atomic E-state index is -0.315. The fourth-order valence-electron chi connectivity index (χ4n) is 3.31. The van der Waals surface area contributed by atoms with Crippen LogP contribution in [0.2, 0.25) is 0 Å². The number of carbonyl (C=O) groups excluding carboxylic acids is 1. The van der Waals surface area contributed by atoms with Gasteiger partial charge in [-0.25, -0.2) is 4.98 Å². The number of amides is 1. The molecule has 9 heteroatoms. The number of thiophene rings is 1. The van der Waals surface area contributed by atoms with E-state index in [4.69, 9.17) is 10.3 Å². The molecule has 1 aliphatic rings. The maximum Gasteiger partial charge on any atom is 0.306 e. The molecule has 136 valence electrons. The first kappa shape index (κ1) is 16.8. The van der Waals surface area contributed by atoms with Gasteiger partial charge < -0.3 is 5.73 Å². The molecule has 1 amide bonds. The number of hydrogen-bond donors (Lipinski definition) is 2. The molecule has 0 aliphatic carbocycles. The number of fused-ring (bicyclic) bond motifs is 1. The van der Waals surface area contributed by atoms with Crippen molar-refractivity contribution in [2.24, 2.45) is 0 Å². The molecule has 26 heavy (non-hydrogen) atoms. The second kappa shape index (κ2) is 6.56. The normalized spacial score (nSPS) is 14.8. The van der Waals surface area contributed by atoms with E-state index in [9.17, 15) is 4.79 Å². The fraction of sp³-hybridized carbons (Fsp3) is 0.412. The zero-order chi connectivity index (χ0) is 18.3. The minimum absolute atomic E-state index is 0.290. The second-order valence-electron chi connectivity index (χ2n) is 6.56. The Morgan fingerprint density at radius 2 is 2.12 bits per heavy atom. The van der Waals surface area contributed by atoms with E-state index in [1.807, 2.05) is 19.9 Å². The van der Waals surface area contributed by atoms with Crippen molar-refractivity contribution in [2.45, 2.75) is 33.1 Å². The first-order valence-corrected chi connectivity index (χ1v) is 9.46. The highest BCUT2D eigenvalue weighted by atomic mass is 32.1. The molecule has 8 nitrogen and oxygen atoms in total. The van der Waals surface area contributed by atoms with E-state index in [2.05, 4.69) is 20.6 Å². The third-order valence-electron chi connectivity index (χ3n) is 4.54. The van der Waals surface area contributed by atoms with Crippen LogP contribution in [0.25, 0.3) is 10.2 Å². The highest BCUT2D eigenvalue weighted by molar-refractivity contribution is 7.21. The standard InChI is InChI=1S/C17H20N6O2S/c1-10-8-11(2)19-17-13(10)14(18)15(26-17)16(24)20-12-9-23(21-25-12)22-6-4-3-5-7-22/h8-9H,3-7H2,1-2H3,(H2-,18,20,21,24)/p+1. The van der Waals surface area contributed by atoms with E-state index in [1.54, 1.807) is 11.0 Å². The van der Waals surface area contributed by atoms with Crippen molar-refractivity contribution in [3.8, 4) is 0 Å². The van der Waals surface area contributed by atoms with Gasteiger partial charge >= 0.3 is 5.88 Å². The lowest BCUT2D eigenvalue weighted by atomic mass is 10.1. The molecule has 1 saturated heterocycles. The lowest BCUT2D eigenvalue weighted by molar-refractivity contribution is -0.759. The number of nitrogens with one attached hydrogen (secondary N) is 1. The average Bonchev–Trinajstić information content (AvgIpc) is 3.20. The molecule has 3 N–H and O–H groups in total. The summed E-state index contributed by atoms with van der Waals surface area (Å²) in [6.07, 6.45) is 5.17. The molecule has 4 heterocycles. The van der Waals surface area contributed by atoms with Gasteiger partial charge in [-0.1, -0.05) is 0 Å². The summed E-state index contributed by atoms with van der Waals surface area (Å²) in [7, 11) is 0. The van der Waals surface area contributed by atoms with Crippen molar-refractivity contribution in [1.82, 2.24) is 10.3 Å². The Hall–Kier alpha value is -2.68. The van der Waals surface area contributed by atoms with Gasteiger partial charge in [-0.2, -0.15) is 5.01 Å². The molecule has 3 aromatic rings. The Morgan fingerprint density at radius 3 is 2.88 bits per heavy atom. The first-order chi connectivity index (χ1) is 12.5. The zero-order valence-corrected chi connectivity index (χ0v) is 15.6.